The Morgan fingerprint density at radius 3 is 2.45 bits per heavy atom. The number of hydrogen-bond donors (Lipinski definition) is 0. The van der Waals surface area contributed by atoms with E-state index in [1.807, 2.05) is 0 Å². The number of halogens is 3. The van der Waals surface area contributed by atoms with Crippen molar-refractivity contribution in [2.75, 3.05) is 19.7 Å². The van der Waals surface area contributed by atoms with Gasteiger partial charge in [-0.05, 0) is 30.5 Å². The van der Waals surface area contributed by atoms with E-state index in [0.717, 1.165) is 24.3 Å². The molecule has 0 N–H and O–H groups in total. The molecule has 5 nitrogen and oxygen atoms in total. The van der Waals surface area contributed by atoms with Crippen molar-refractivity contribution in [1.82, 2.24) is 4.31 Å². The van der Waals surface area contributed by atoms with Gasteiger partial charge in [0.25, 0.3) is 0 Å². The van der Waals surface area contributed by atoms with Crippen LogP contribution in [0, 0.1) is 5.92 Å². The Morgan fingerprint density at radius 1 is 1.10 bits per heavy atom. The topological polar surface area (TPSA) is 59.0 Å². The quantitative estimate of drug-likeness (QED) is 0.478. The van der Waals surface area contributed by atoms with Crippen molar-refractivity contribution in [2.24, 2.45) is 11.1 Å². The van der Waals surface area contributed by atoms with Crippen LogP contribution in [0.1, 0.15) is 56.9 Å². The maximum atomic E-state index is 12.9. The average Bonchev–Trinajstić information content (AvgIpc) is 2.72. The van der Waals surface area contributed by atoms with Gasteiger partial charge in [-0.25, -0.2) is 8.42 Å². The van der Waals surface area contributed by atoms with Crippen LogP contribution in [-0.2, 0) is 21.0 Å². The van der Waals surface area contributed by atoms with E-state index in [9.17, 15) is 21.6 Å². The molecule has 1 saturated heterocycles. The zero-order valence-corrected chi connectivity index (χ0v) is 17.1. The summed E-state index contributed by atoms with van der Waals surface area (Å²) in [5.74, 6) is 0.711. The van der Waals surface area contributed by atoms with Gasteiger partial charge in [0.1, 0.15) is 6.61 Å². The van der Waals surface area contributed by atoms with E-state index in [0.29, 0.717) is 31.4 Å². The molecule has 0 atom stereocenters. The van der Waals surface area contributed by atoms with Crippen LogP contribution in [0.15, 0.2) is 34.3 Å². The van der Waals surface area contributed by atoms with Gasteiger partial charge in [0.05, 0.1) is 16.2 Å². The van der Waals surface area contributed by atoms with Crippen LogP contribution in [0.2, 0.25) is 0 Å². The van der Waals surface area contributed by atoms with E-state index in [1.165, 1.54) is 42.5 Å². The lowest BCUT2D eigenvalue weighted by Crippen LogP contribution is -2.38. The molecule has 1 aromatic carbocycles. The normalized spacial score (nSPS) is 19.9. The molecule has 0 aromatic heterocycles. The lowest BCUT2D eigenvalue weighted by atomic mass is 9.87. The number of piperidine rings is 1. The second kappa shape index (κ2) is 9.47. The fourth-order valence-corrected chi connectivity index (χ4v) is 5.38. The second-order valence-corrected chi connectivity index (χ2v) is 9.65. The average molecular weight is 433 g/mol. The van der Waals surface area contributed by atoms with E-state index in [4.69, 9.17) is 4.84 Å². The van der Waals surface area contributed by atoms with Gasteiger partial charge in [0.2, 0.25) is 10.0 Å². The first-order valence-electron chi connectivity index (χ1n) is 10.1. The van der Waals surface area contributed by atoms with Crippen molar-refractivity contribution in [1.29, 1.82) is 0 Å². The predicted molar refractivity (Wildman–Crippen MR) is 104 cm³/mol. The van der Waals surface area contributed by atoms with E-state index in [1.54, 1.807) is 0 Å². The van der Waals surface area contributed by atoms with Crippen molar-refractivity contribution in [3.8, 4) is 0 Å². The van der Waals surface area contributed by atoms with E-state index >= 15 is 0 Å². The minimum absolute atomic E-state index is 0.184. The van der Waals surface area contributed by atoms with E-state index in [-0.39, 0.29) is 18.0 Å². The summed E-state index contributed by atoms with van der Waals surface area (Å²) in [6.45, 7) is 0.938. The van der Waals surface area contributed by atoms with Crippen LogP contribution < -0.4 is 0 Å². The summed E-state index contributed by atoms with van der Waals surface area (Å²) >= 11 is 0. The fourth-order valence-electron chi connectivity index (χ4n) is 3.89. The standard InChI is InChI=1S/C20H27F3N2O3S/c21-20(22,23)17-7-4-8-19(15-17)29(26,27)25-12-9-18(10-13-25)24-28-14-11-16-5-2-1-3-6-16/h4,7-8,15-16H,1-3,5-6,9-14H2. The smallest absolute Gasteiger partial charge is 0.396 e. The fraction of sp³-hybridized carbons (Fsp3) is 0.650. The highest BCUT2D eigenvalue weighted by molar-refractivity contribution is 7.89. The number of rotatable bonds is 6. The van der Waals surface area contributed by atoms with Crippen LogP contribution in [0.25, 0.3) is 0 Å². The van der Waals surface area contributed by atoms with Gasteiger partial charge < -0.3 is 4.84 Å². The van der Waals surface area contributed by atoms with Gasteiger partial charge in [-0.2, -0.15) is 17.5 Å². The molecule has 0 spiro atoms. The molecule has 1 saturated carbocycles. The van der Waals surface area contributed by atoms with Gasteiger partial charge >= 0.3 is 6.18 Å². The molecule has 29 heavy (non-hydrogen) atoms. The van der Waals surface area contributed by atoms with Crippen molar-refractivity contribution in [3.05, 3.63) is 29.8 Å². The lowest BCUT2D eigenvalue weighted by Gasteiger charge is -2.27. The van der Waals surface area contributed by atoms with Gasteiger partial charge in [-0.1, -0.05) is 43.3 Å². The summed E-state index contributed by atoms with van der Waals surface area (Å²) in [6, 6.07) is 3.87. The molecule has 2 aliphatic rings. The summed E-state index contributed by atoms with van der Waals surface area (Å²) in [5, 5.41) is 4.15. The number of hydrogen-bond acceptors (Lipinski definition) is 4. The molecule has 9 heteroatoms. The summed E-state index contributed by atoms with van der Waals surface area (Å²) in [5.41, 5.74) is -0.173. The molecule has 0 unspecified atom stereocenters. The Hall–Kier alpha value is -1.61. The Labute approximate surface area is 170 Å². The van der Waals surface area contributed by atoms with Crippen LogP contribution >= 0.6 is 0 Å². The van der Waals surface area contributed by atoms with Crippen molar-refractivity contribution < 1.29 is 26.4 Å². The molecule has 1 aliphatic carbocycles. The summed E-state index contributed by atoms with van der Waals surface area (Å²) in [4.78, 5) is 5.09. The van der Waals surface area contributed by atoms with Gasteiger partial charge in [0, 0.05) is 25.9 Å². The number of nitrogens with zero attached hydrogens (tertiary/aromatic N) is 2. The number of sulfonamides is 1. The third kappa shape index (κ3) is 5.94. The van der Waals surface area contributed by atoms with Gasteiger partial charge in [0.15, 0.2) is 0 Å². The predicted octanol–water partition coefficient (Wildman–Crippen LogP) is 4.83. The maximum absolute atomic E-state index is 12.9. The summed E-state index contributed by atoms with van der Waals surface area (Å²) in [6.07, 6.45) is 3.65. The molecule has 3 rings (SSSR count). The largest absolute Gasteiger partial charge is 0.416 e. The molecule has 0 amide bonds. The molecule has 2 fully saturated rings. The van der Waals surface area contributed by atoms with Crippen LogP contribution in [0.5, 0.6) is 0 Å². The molecular formula is C20H27F3N2O3S. The monoisotopic (exact) mass is 432 g/mol. The zero-order chi connectivity index (χ0) is 20.9. The van der Waals surface area contributed by atoms with Crippen molar-refractivity contribution >= 4 is 15.7 Å². The minimum Gasteiger partial charge on any atom is -0.396 e. The highest BCUT2D eigenvalue weighted by Gasteiger charge is 2.33. The van der Waals surface area contributed by atoms with Gasteiger partial charge in [-0.15, -0.1) is 0 Å². The first-order chi connectivity index (χ1) is 13.8. The highest BCUT2D eigenvalue weighted by atomic mass is 32.2. The third-order valence-electron chi connectivity index (χ3n) is 5.63. The van der Waals surface area contributed by atoms with Gasteiger partial charge in [-0.3, -0.25) is 0 Å². The Morgan fingerprint density at radius 2 is 1.79 bits per heavy atom. The summed E-state index contributed by atoms with van der Waals surface area (Å²) < 4.78 is 65.2. The highest BCUT2D eigenvalue weighted by Crippen LogP contribution is 2.31. The first kappa shape index (κ1) is 22.1. The molecule has 0 bridgehead atoms. The minimum atomic E-state index is -4.58. The van der Waals surface area contributed by atoms with Crippen LogP contribution in [-0.4, -0.2) is 38.1 Å². The Balaban J connectivity index is 1.51. The van der Waals surface area contributed by atoms with Crippen molar-refractivity contribution in [3.63, 3.8) is 0 Å². The molecule has 0 radical (unpaired) electrons. The molecular weight excluding hydrogens is 405 g/mol. The number of benzene rings is 1. The second-order valence-electron chi connectivity index (χ2n) is 7.71. The Kier molecular flexibility index (Phi) is 7.21. The van der Waals surface area contributed by atoms with Crippen LogP contribution in [0.3, 0.4) is 0 Å². The SMILES string of the molecule is O=S(=O)(c1cccc(C(F)(F)F)c1)N1CCC(=NOCCC2CCCCC2)CC1. The molecule has 1 aromatic rings. The first-order valence-corrected chi connectivity index (χ1v) is 11.6. The maximum Gasteiger partial charge on any atom is 0.416 e. The lowest BCUT2D eigenvalue weighted by molar-refractivity contribution is -0.137. The van der Waals surface area contributed by atoms with Crippen molar-refractivity contribution in [2.45, 2.75) is 62.4 Å². The molecule has 1 heterocycles. The summed E-state index contributed by atoms with van der Waals surface area (Å²) in [7, 11) is -3.97. The number of alkyl halides is 3. The molecule has 162 valence electrons. The molecule has 1 aliphatic heterocycles. The zero-order valence-electron chi connectivity index (χ0n) is 16.3. The number of oxime groups is 1. The van der Waals surface area contributed by atoms with E-state index < -0.39 is 21.8 Å². The van der Waals surface area contributed by atoms with Crippen LogP contribution in [0.4, 0.5) is 13.2 Å². The third-order valence-corrected chi connectivity index (χ3v) is 7.53. The van der Waals surface area contributed by atoms with E-state index in [2.05, 4.69) is 5.16 Å². The Bertz CT molecular complexity index is 809.